The van der Waals surface area contributed by atoms with Gasteiger partial charge in [0.15, 0.2) is 6.61 Å². The van der Waals surface area contributed by atoms with Crippen LogP contribution in [0, 0.1) is 0 Å². The number of hydrogen-bond donors (Lipinski definition) is 3. The summed E-state index contributed by atoms with van der Waals surface area (Å²) in [6, 6.07) is 8.19. The zero-order valence-electron chi connectivity index (χ0n) is 13.5. The van der Waals surface area contributed by atoms with Gasteiger partial charge < -0.3 is 20.1 Å². The standard InChI is InChI=1S/C18H15Cl3O5/c1-18(8-2-4-9(19)5-3-8)16(24)10-6-11(26-7-12(22)23)14(20)15(21)13(10)17(18)25/h2-6,16-17,24-25H,7H2,1H3,(H,22,23). The monoisotopic (exact) mass is 416 g/mol. The van der Waals surface area contributed by atoms with E-state index in [4.69, 9.17) is 44.6 Å². The lowest BCUT2D eigenvalue weighted by Gasteiger charge is -2.32. The van der Waals surface area contributed by atoms with Gasteiger partial charge in [0.2, 0.25) is 0 Å². The Labute approximate surface area is 164 Å². The zero-order chi connectivity index (χ0) is 19.2. The molecule has 2 aromatic carbocycles. The fourth-order valence-electron chi connectivity index (χ4n) is 3.28. The lowest BCUT2D eigenvalue weighted by atomic mass is 9.76. The van der Waals surface area contributed by atoms with E-state index >= 15 is 0 Å². The molecule has 3 rings (SSSR count). The smallest absolute Gasteiger partial charge is 0.341 e. The van der Waals surface area contributed by atoms with Gasteiger partial charge in [-0.05, 0) is 36.2 Å². The maximum atomic E-state index is 10.9. The lowest BCUT2D eigenvalue weighted by molar-refractivity contribution is -0.139. The van der Waals surface area contributed by atoms with Crippen molar-refractivity contribution in [3.63, 3.8) is 0 Å². The molecule has 1 aliphatic rings. The van der Waals surface area contributed by atoms with Crippen LogP contribution in [0.3, 0.4) is 0 Å². The normalized spacial score (nSPS) is 24.4. The van der Waals surface area contributed by atoms with Crippen molar-refractivity contribution in [1.29, 1.82) is 0 Å². The number of carbonyl (C=O) groups is 1. The molecule has 3 atom stereocenters. The predicted octanol–water partition coefficient (Wildman–Crippen LogP) is 4.15. The van der Waals surface area contributed by atoms with Gasteiger partial charge >= 0.3 is 5.97 Å². The van der Waals surface area contributed by atoms with E-state index < -0.39 is 30.2 Å². The van der Waals surface area contributed by atoms with Gasteiger partial charge in [-0.1, -0.05) is 46.9 Å². The highest BCUT2D eigenvalue weighted by molar-refractivity contribution is 6.43. The third-order valence-electron chi connectivity index (χ3n) is 4.76. The van der Waals surface area contributed by atoms with E-state index in [0.29, 0.717) is 21.7 Å². The number of rotatable bonds is 4. The van der Waals surface area contributed by atoms with Crippen molar-refractivity contribution in [3.05, 3.63) is 62.1 Å². The molecule has 0 spiro atoms. The van der Waals surface area contributed by atoms with Crippen molar-refractivity contribution >= 4 is 40.8 Å². The first kappa shape index (κ1) is 19.3. The summed E-state index contributed by atoms with van der Waals surface area (Å²) in [5.74, 6) is -1.14. The fraction of sp³-hybridized carbons (Fsp3) is 0.278. The highest BCUT2D eigenvalue weighted by Crippen LogP contribution is 2.58. The first-order valence-electron chi connectivity index (χ1n) is 7.66. The second-order valence-corrected chi connectivity index (χ2v) is 7.48. The topological polar surface area (TPSA) is 87.0 Å². The number of fused-ring (bicyclic) bond motifs is 1. The van der Waals surface area contributed by atoms with Gasteiger partial charge in [0.25, 0.3) is 0 Å². The number of carboxylic acids is 1. The van der Waals surface area contributed by atoms with E-state index in [0.717, 1.165) is 0 Å². The molecule has 1 aliphatic carbocycles. The summed E-state index contributed by atoms with van der Waals surface area (Å²) in [7, 11) is 0. The van der Waals surface area contributed by atoms with E-state index in [2.05, 4.69) is 0 Å². The Morgan fingerprint density at radius 3 is 2.31 bits per heavy atom. The van der Waals surface area contributed by atoms with Crippen LogP contribution in [0.1, 0.15) is 35.8 Å². The van der Waals surface area contributed by atoms with Crippen LogP contribution in [0.15, 0.2) is 30.3 Å². The average molecular weight is 418 g/mol. The summed E-state index contributed by atoms with van der Waals surface area (Å²) in [6.45, 7) is 1.09. The van der Waals surface area contributed by atoms with Gasteiger partial charge in [-0.15, -0.1) is 0 Å². The molecule has 0 heterocycles. The molecule has 0 amide bonds. The summed E-state index contributed by atoms with van der Waals surface area (Å²) < 4.78 is 5.15. The summed E-state index contributed by atoms with van der Waals surface area (Å²) in [4.78, 5) is 10.7. The van der Waals surface area contributed by atoms with Crippen LogP contribution in [0.25, 0.3) is 0 Å². The van der Waals surface area contributed by atoms with Crippen LogP contribution >= 0.6 is 34.8 Å². The van der Waals surface area contributed by atoms with Crippen LogP contribution < -0.4 is 4.74 Å². The fourth-order valence-corrected chi connectivity index (χ4v) is 3.92. The van der Waals surface area contributed by atoms with Crippen molar-refractivity contribution in [1.82, 2.24) is 0 Å². The summed E-state index contributed by atoms with van der Waals surface area (Å²) >= 11 is 18.4. The van der Waals surface area contributed by atoms with Crippen LogP contribution in [-0.4, -0.2) is 27.9 Å². The Hall–Kier alpha value is -1.50. The molecular weight excluding hydrogens is 403 g/mol. The molecule has 3 unspecified atom stereocenters. The van der Waals surface area contributed by atoms with Crippen molar-refractivity contribution in [2.24, 2.45) is 0 Å². The maximum Gasteiger partial charge on any atom is 0.341 e. The lowest BCUT2D eigenvalue weighted by Crippen LogP contribution is -2.31. The quantitative estimate of drug-likeness (QED) is 0.696. The molecule has 138 valence electrons. The van der Waals surface area contributed by atoms with Crippen LogP contribution in [0.4, 0.5) is 0 Å². The van der Waals surface area contributed by atoms with Crippen LogP contribution in [0.5, 0.6) is 5.75 Å². The molecule has 5 nitrogen and oxygen atoms in total. The average Bonchev–Trinajstić information content (AvgIpc) is 2.79. The number of aliphatic carboxylic acids is 1. The van der Waals surface area contributed by atoms with E-state index in [1.54, 1.807) is 31.2 Å². The van der Waals surface area contributed by atoms with Gasteiger partial charge in [-0.3, -0.25) is 0 Å². The van der Waals surface area contributed by atoms with E-state index in [1.165, 1.54) is 6.07 Å². The molecule has 0 bridgehead atoms. The third kappa shape index (κ3) is 2.94. The van der Waals surface area contributed by atoms with Crippen molar-refractivity contribution in [3.8, 4) is 5.75 Å². The Morgan fingerprint density at radius 2 is 1.73 bits per heavy atom. The molecule has 0 aliphatic heterocycles. The van der Waals surface area contributed by atoms with E-state index in [1.807, 2.05) is 0 Å². The largest absolute Gasteiger partial charge is 0.480 e. The minimum Gasteiger partial charge on any atom is -0.480 e. The summed E-state index contributed by atoms with van der Waals surface area (Å²) in [6.07, 6.45) is -2.25. The number of aliphatic hydroxyl groups excluding tert-OH is 2. The molecule has 8 heteroatoms. The molecule has 26 heavy (non-hydrogen) atoms. The molecule has 0 saturated heterocycles. The minimum absolute atomic E-state index is 0.0155. The van der Waals surface area contributed by atoms with Crippen molar-refractivity contribution in [2.45, 2.75) is 24.5 Å². The van der Waals surface area contributed by atoms with E-state index in [9.17, 15) is 15.0 Å². The van der Waals surface area contributed by atoms with E-state index in [-0.39, 0.29) is 15.8 Å². The number of benzene rings is 2. The first-order chi connectivity index (χ1) is 12.2. The molecule has 2 aromatic rings. The third-order valence-corrected chi connectivity index (χ3v) is 5.88. The predicted molar refractivity (Wildman–Crippen MR) is 98.3 cm³/mol. The molecule has 0 radical (unpaired) electrons. The van der Waals surface area contributed by atoms with Crippen LogP contribution in [-0.2, 0) is 10.2 Å². The molecule has 0 fully saturated rings. The first-order valence-corrected chi connectivity index (χ1v) is 8.79. The Kier molecular flexibility index (Phi) is 5.12. The van der Waals surface area contributed by atoms with Crippen LogP contribution in [0.2, 0.25) is 15.1 Å². The van der Waals surface area contributed by atoms with Gasteiger partial charge in [0, 0.05) is 10.6 Å². The Bertz CT molecular complexity index is 868. The summed E-state index contributed by atoms with van der Waals surface area (Å²) in [5.41, 5.74) is 0.206. The summed E-state index contributed by atoms with van der Waals surface area (Å²) in [5, 5.41) is 31.2. The number of halogens is 3. The van der Waals surface area contributed by atoms with Gasteiger partial charge in [-0.2, -0.15) is 0 Å². The number of aliphatic hydroxyl groups is 2. The van der Waals surface area contributed by atoms with Gasteiger partial charge in [0.05, 0.1) is 22.6 Å². The zero-order valence-corrected chi connectivity index (χ0v) is 15.8. The minimum atomic E-state index is -1.18. The molecule has 0 aromatic heterocycles. The number of hydrogen-bond acceptors (Lipinski definition) is 4. The number of ether oxygens (including phenoxy) is 1. The highest BCUT2D eigenvalue weighted by Gasteiger charge is 2.52. The number of carboxylic acid groups (broad SMARTS) is 1. The van der Waals surface area contributed by atoms with Crippen molar-refractivity contribution < 1.29 is 24.9 Å². The van der Waals surface area contributed by atoms with Gasteiger partial charge in [-0.25, -0.2) is 4.79 Å². The Balaban J connectivity index is 2.11. The SMILES string of the molecule is CC1(c2ccc(Cl)cc2)C(O)c2cc(OCC(=O)O)c(Cl)c(Cl)c2C1O. The highest BCUT2D eigenvalue weighted by atomic mass is 35.5. The van der Waals surface area contributed by atoms with Crippen molar-refractivity contribution in [2.75, 3.05) is 6.61 Å². The molecular formula is C18H15Cl3O5. The molecule has 3 N–H and O–H groups in total. The molecule has 0 saturated carbocycles. The van der Waals surface area contributed by atoms with Gasteiger partial charge in [0.1, 0.15) is 10.8 Å². The second kappa shape index (κ2) is 6.91. The second-order valence-electron chi connectivity index (χ2n) is 6.28. The maximum absolute atomic E-state index is 10.9. The Morgan fingerprint density at radius 1 is 1.12 bits per heavy atom.